The molecule has 0 spiro atoms. The molecule has 3 aromatic heterocycles. The summed E-state index contributed by atoms with van der Waals surface area (Å²) in [4.78, 5) is 24.0. The van der Waals surface area contributed by atoms with Crippen molar-refractivity contribution < 1.29 is 32.5 Å². The van der Waals surface area contributed by atoms with E-state index in [1.807, 2.05) is 6.92 Å². The van der Waals surface area contributed by atoms with Gasteiger partial charge in [-0.15, -0.1) is 0 Å². The molecule has 0 unspecified atom stereocenters. The molecule has 3 heterocycles. The fourth-order valence-corrected chi connectivity index (χ4v) is 4.98. The Kier molecular flexibility index (Phi) is 8.67. The molecule has 0 aromatic carbocycles. The second kappa shape index (κ2) is 11.6. The molecule has 13 heteroatoms. The van der Waals surface area contributed by atoms with Crippen LogP contribution >= 0.6 is 11.6 Å². The van der Waals surface area contributed by atoms with Crippen LogP contribution in [0, 0.1) is 12.3 Å². The van der Waals surface area contributed by atoms with Gasteiger partial charge in [0.05, 0.1) is 5.02 Å². The van der Waals surface area contributed by atoms with E-state index in [0.29, 0.717) is 36.5 Å². The van der Waals surface area contributed by atoms with Gasteiger partial charge in [-0.1, -0.05) is 31.1 Å². The van der Waals surface area contributed by atoms with Crippen LogP contribution in [0.25, 0.3) is 22.6 Å². The maximum absolute atomic E-state index is 13.4. The molecule has 0 amide bonds. The molecule has 1 fully saturated rings. The van der Waals surface area contributed by atoms with Gasteiger partial charge in [-0.3, -0.25) is 9.78 Å². The lowest BCUT2D eigenvalue weighted by atomic mass is 9.69. The van der Waals surface area contributed by atoms with Gasteiger partial charge in [0.2, 0.25) is 5.88 Å². The summed E-state index contributed by atoms with van der Waals surface area (Å²) in [6, 6.07) is 4.16. The summed E-state index contributed by atoms with van der Waals surface area (Å²) in [5, 5.41) is 9.60. The number of alkyl halides is 3. The first-order valence-corrected chi connectivity index (χ1v) is 15.5. The lowest BCUT2D eigenvalue weighted by molar-refractivity contribution is -0.157. The Morgan fingerprint density at radius 1 is 1.23 bits per heavy atom. The number of imidazole rings is 1. The second-order valence-corrected chi connectivity index (χ2v) is 13.4. The van der Waals surface area contributed by atoms with Gasteiger partial charge in [-0.05, 0) is 37.4 Å². The van der Waals surface area contributed by atoms with E-state index >= 15 is 0 Å². The van der Waals surface area contributed by atoms with Crippen LogP contribution in [0.2, 0.25) is 24.2 Å². The molecule has 1 N–H and O–H groups in total. The Morgan fingerprint density at radius 2 is 1.97 bits per heavy atom. The zero-order chi connectivity index (χ0) is 28.4. The first kappa shape index (κ1) is 29.0. The third-order valence-corrected chi connectivity index (χ3v) is 8.25. The highest BCUT2D eigenvalue weighted by Crippen LogP contribution is 2.41. The molecule has 209 valence electrons. The number of rotatable bonds is 11. The highest BCUT2D eigenvalue weighted by Gasteiger charge is 2.45. The second-order valence-electron chi connectivity index (χ2n) is 10.0. The summed E-state index contributed by atoms with van der Waals surface area (Å²) in [5.41, 5.74) is 0.262. The molecular formula is C26H29ClF3N4O4Si. The number of hydrogen-bond acceptors (Lipinski definition) is 6. The molecule has 1 saturated carbocycles. The lowest BCUT2D eigenvalue weighted by Gasteiger charge is -2.36. The lowest BCUT2D eigenvalue weighted by Crippen LogP contribution is -2.43. The van der Waals surface area contributed by atoms with Gasteiger partial charge >= 0.3 is 12.1 Å². The number of aromatic nitrogens is 4. The maximum Gasteiger partial charge on any atom is 0.434 e. The van der Waals surface area contributed by atoms with Crippen molar-refractivity contribution in [1.29, 1.82) is 0 Å². The van der Waals surface area contributed by atoms with Crippen molar-refractivity contribution in [2.75, 3.05) is 13.2 Å². The molecule has 1 aliphatic carbocycles. The Labute approximate surface area is 230 Å². The van der Waals surface area contributed by atoms with E-state index in [9.17, 15) is 23.1 Å². The SMILES string of the molecule is Cc1cc(OCC2(C(=O)O)CCC2)ncc1-c1cnc(-c2nc(C(F)(F)F)cn2COCC[Si](C)C)c(Cl)c1. The smallest absolute Gasteiger partial charge is 0.434 e. The van der Waals surface area contributed by atoms with Gasteiger partial charge in [0.25, 0.3) is 0 Å². The molecule has 0 bridgehead atoms. The molecule has 1 radical (unpaired) electrons. The third kappa shape index (κ3) is 6.61. The summed E-state index contributed by atoms with van der Waals surface area (Å²) < 4.78 is 52.8. The average molecular weight is 582 g/mol. The monoisotopic (exact) mass is 581 g/mol. The zero-order valence-electron chi connectivity index (χ0n) is 21.8. The number of aliphatic carboxylic acids is 1. The number of hydrogen-bond donors (Lipinski definition) is 1. The van der Waals surface area contributed by atoms with Crippen molar-refractivity contribution in [3.63, 3.8) is 0 Å². The van der Waals surface area contributed by atoms with E-state index in [4.69, 9.17) is 21.1 Å². The van der Waals surface area contributed by atoms with Crippen molar-refractivity contribution in [1.82, 2.24) is 19.5 Å². The molecular weight excluding hydrogens is 553 g/mol. The number of carbonyl (C=O) groups is 1. The maximum atomic E-state index is 13.4. The molecule has 39 heavy (non-hydrogen) atoms. The van der Waals surface area contributed by atoms with Gasteiger partial charge in [0, 0.05) is 51.2 Å². The van der Waals surface area contributed by atoms with Crippen LogP contribution in [-0.2, 0) is 22.4 Å². The fraction of sp³-hybridized carbons (Fsp3) is 0.462. The molecule has 0 saturated heterocycles. The Morgan fingerprint density at radius 3 is 2.54 bits per heavy atom. The van der Waals surface area contributed by atoms with Gasteiger partial charge in [-0.2, -0.15) is 13.2 Å². The summed E-state index contributed by atoms with van der Waals surface area (Å²) in [5.74, 6) is -0.603. The van der Waals surface area contributed by atoms with Crippen molar-refractivity contribution in [2.45, 2.75) is 58.2 Å². The van der Waals surface area contributed by atoms with E-state index in [1.165, 1.54) is 10.8 Å². The number of carboxylic acid groups (broad SMARTS) is 1. The van der Waals surface area contributed by atoms with Crippen molar-refractivity contribution in [2.24, 2.45) is 5.41 Å². The quantitative estimate of drug-likeness (QED) is 0.208. The number of aryl methyl sites for hydroxylation is 1. The molecule has 3 aromatic rings. The van der Waals surface area contributed by atoms with Gasteiger partial charge < -0.3 is 19.1 Å². The van der Waals surface area contributed by atoms with E-state index in [1.54, 1.807) is 18.3 Å². The summed E-state index contributed by atoms with van der Waals surface area (Å²) in [6.45, 7) is 6.47. The number of pyridine rings is 2. The van der Waals surface area contributed by atoms with Crippen LogP contribution in [0.3, 0.4) is 0 Å². The van der Waals surface area contributed by atoms with Crippen molar-refractivity contribution >= 4 is 26.4 Å². The molecule has 0 atom stereocenters. The van der Waals surface area contributed by atoms with Crippen LogP contribution < -0.4 is 4.74 Å². The Hall–Kier alpha value is -2.96. The Balaban J connectivity index is 1.55. The van der Waals surface area contributed by atoms with Crippen LogP contribution in [0.4, 0.5) is 13.2 Å². The number of carboxylic acids is 1. The van der Waals surface area contributed by atoms with Crippen LogP contribution in [0.1, 0.15) is 30.5 Å². The topological polar surface area (TPSA) is 99.4 Å². The standard InChI is InChI=1S/C26H29ClF3N4O4Si/c1-16-9-21(38-14-25(24(35)36)5-4-6-25)31-12-18(16)17-10-19(27)22(32-11-17)23-33-20(26(28,29)30)13-34(23)15-37-7-8-39(2)3/h9-13H,4-8,14-15H2,1-3H3,(H,35,36). The predicted molar refractivity (Wildman–Crippen MR) is 141 cm³/mol. The summed E-state index contributed by atoms with van der Waals surface area (Å²) >= 11 is 6.51. The van der Waals surface area contributed by atoms with E-state index in [2.05, 4.69) is 28.0 Å². The third-order valence-electron chi connectivity index (χ3n) is 6.75. The number of nitrogens with zero attached hydrogens (tertiary/aromatic N) is 4. The highest BCUT2D eigenvalue weighted by molar-refractivity contribution is 6.55. The minimum atomic E-state index is -4.63. The minimum Gasteiger partial charge on any atom is -0.481 e. The highest BCUT2D eigenvalue weighted by atomic mass is 35.5. The van der Waals surface area contributed by atoms with E-state index in [0.717, 1.165) is 24.2 Å². The first-order chi connectivity index (χ1) is 18.4. The number of halogens is 4. The van der Waals surface area contributed by atoms with Gasteiger partial charge in [-0.25, -0.2) is 9.97 Å². The van der Waals surface area contributed by atoms with Crippen molar-refractivity contribution in [3.8, 4) is 28.5 Å². The molecule has 8 nitrogen and oxygen atoms in total. The van der Waals surface area contributed by atoms with Crippen molar-refractivity contribution in [3.05, 3.63) is 47.0 Å². The van der Waals surface area contributed by atoms with Gasteiger partial charge in [0.15, 0.2) is 11.5 Å². The first-order valence-electron chi connectivity index (χ1n) is 12.4. The van der Waals surface area contributed by atoms with Gasteiger partial charge in [0.1, 0.15) is 24.4 Å². The predicted octanol–water partition coefficient (Wildman–Crippen LogP) is 6.35. The average Bonchev–Trinajstić information content (AvgIpc) is 3.25. The normalized spacial score (nSPS) is 14.9. The minimum absolute atomic E-state index is 0.0423. The zero-order valence-corrected chi connectivity index (χ0v) is 23.6. The van der Waals surface area contributed by atoms with E-state index < -0.39 is 32.1 Å². The summed E-state index contributed by atoms with van der Waals surface area (Å²) in [6.07, 6.45) is 1.33. The fourth-order valence-electron chi connectivity index (χ4n) is 4.18. The molecule has 4 rings (SSSR count). The number of ether oxygens (including phenoxy) is 2. The van der Waals surface area contributed by atoms with E-state index in [-0.39, 0.29) is 29.9 Å². The molecule has 1 aliphatic rings. The van der Waals surface area contributed by atoms with Crippen LogP contribution in [0.5, 0.6) is 5.88 Å². The summed E-state index contributed by atoms with van der Waals surface area (Å²) in [7, 11) is -0.523. The molecule has 0 aliphatic heterocycles. The largest absolute Gasteiger partial charge is 0.481 e. The van der Waals surface area contributed by atoms with Crippen LogP contribution in [0.15, 0.2) is 30.7 Å². The Bertz CT molecular complexity index is 1350. The van der Waals surface area contributed by atoms with Crippen LogP contribution in [-0.4, -0.2) is 52.6 Å².